The van der Waals surface area contributed by atoms with Gasteiger partial charge in [-0.1, -0.05) is 37.3 Å². The number of nitrogens with zero attached hydrogens (tertiary/aromatic N) is 1. The quantitative estimate of drug-likeness (QED) is 0.859. The minimum atomic E-state index is 0.0209. The van der Waals surface area contributed by atoms with Crippen molar-refractivity contribution in [1.82, 2.24) is 10.2 Å². The van der Waals surface area contributed by atoms with Crippen LogP contribution < -0.4 is 5.32 Å². The Morgan fingerprint density at radius 2 is 1.83 bits per heavy atom. The fraction of sp³-hybridized carbons (Fsp3) is 0.400. The molecular weight excluding hydrogens is 222 g/mol. The number of rotatable bonds is 3. The molecule has 1 aromatic carbocycles. The molecule has 2 rings (SSSR count). The van der Waals surface area contributed by atoms with Gasteiger partial charge in [0.15, 0.2) is 5.82 Å². The van der Waals surface area contributed by atoms with Crippen LogP contribution in [0.25, 0.3) is 11.3 Å². The van der Waals surface area contributed by atoms with Crippen molar-refractivity contribution in [2.45, 2.75) is 39.7 Å². The lowest BCUT2D eigenvalue weighted by Crippen LogP contribution is -2.26. The second-order valence-corrected chi connectivity index (χ2v) is 5.52. The van der Waals surface area contributed by atoms with E-state index in [0.29, 0.717) is 0 Å². The Morgan fingerprint density at radius 1 is 1.17 bits per heavy atom. The molecule has 0 unspecified atom stereocenters. The second-order valence-electron chi connectivity index (χ2n) is 5.52. The normalized spacial score (nSPS) is 11.6. The Labute approximate surface area is 109 Å². The average Bonchev–Trinajstić information content (AvgIpc) is 2.70. The van der Waals surface area contributed by atoms with Crippen LogP contribution in [-0.2, 0) is 6.42 Å². The number of aromatic amines is 1. The van der Waals surface area contributed by atoms with E-state index >= 15 is 0 Å². The molecule has 96 valence electrons. The van der Waals surface area contributed by atoms with Crippen LogP contribution in [0.2, 0.25) is 0 Å². The van der Waals surface area contributed by atoms with Crippen LogP contribution in [0.4, 0.5) is 5.82 Å². The van der Waals surface area contributed by atoms with Crippen molar-refractivity contribution in [1.29, 1.82) is 0 Å². The third kappa shape index (κ3) is 2.73. The smallest absolute Gasteiger partial charge is 0.152 e. The molecule has 0 aliphatic rings. The van der Waals surface area contributed by atoms with Crippen molar-refractivity contribution in [2.75, 3.05) is 5.32 Å². The maximum Gasteiger partial charge on any atom is 0.152 e. The highest BCUT2D eigenvalue weighted by molar-refractivity contribution is 5.69. The summed E-state index contributed by atoms with van der Waals surface area (Å²) >= 11 is 0. The van der Waals surface area contributed by atoms with E-state index in [1.54, 1.807) is 0 Å². The molecular formula is C15H21N3. The van der Waals surface area contributed by atoms with E-state index in [0.717, 1.165) is 17.9 Å². The van der Waals surface area contributed by atoms with Gasteiger partial charge in [0.2, 0.25) is 0 Å². The van der Waals surface area contributed by atoms with E-state index in [9.17, 15) is 0 Å². The van der Waals surface area contributed by atoms with Crippen molar-refractivity contribution in [3.05, 3.63) is 35.9 Å². The second kappa shape index (κ2) is 4.84. The molecule has 0 bridgehead atoms. The Balaban J connectivity index is 2.39. The fourth-order valence-corrected chi connectivity index (χ4v) is 2.01. The summed E-state index contributed by atoms with van der Waals surface area (Å²) < 4.78 is 0. The van der Waals surface area contributed by atoms with Crippen molar-refractivity contribution < 1.29 is 0 Å². The first-order chi connectivity index (χ1) is 8.51. The SMILES string of the molecule is CCc1c(NC(C)(C)C)n[nH]c1-c1ccccc1. The highest BCUT2D eigenvalue weighted by Gasteiger charge is 2.17. The summed E-state index contributed by atoms with van der Waals surface area (Å²) in [5.41, 5.74) is 3.57. The Kier molecular flexibility index (Phi) is 3.41. The summed E-state index contributed by atoms with van der Waals surface area (Å²) in [6.45, 7) is 8.58. The Bertz CT molecular complexity index is 506. The minimum absolute atomic E-state index is 0.0209. The van der Waals surface area contributed by atoms with E-state index < -0.39 is 0 Å². The molecule has 0 aliphatic carbocycles. The maximum atomic E-state index is 4.41. The van der Waals surface area contributed by atoms with Crippen molar-refractivity contribution in [3.63, 3.8) is 0 Å². The van der Waals surface area contributed by atoms with Gasteiger partial charge >= 0.3 is 0 Å². The first kappa shape index (κ1) is 12.7. The molecule has 1 heterocycles. The van der Waals surface area contributed by atoms with Gasteiger partial charge in [-0.3, -0.25) is 5.10 Å². The van der Waals surface area contributed by atoms with Gasteiger partial charge in [-0.15, -0.1) is 0 Å². The average molecular weight is 243 g/mol. The number of benzene rings is 1. The highest BCUT2D eigenvalue weighted by atomic mass is 15.2. The lowest BCUT2D eigenvalue weighted by Gasteiger charge is -2.21. The van der Waals surface area contributed by atoms with Crippen LogP contribution in [0, 0.1) is 0 Å². The van der Waals surface area contributed by atoms with E-state index in [1.165, 1.54) is 11.1 Å². The molecule has 2 N–H and O–H groups in total. The number of hydrogen-bond acceptors (Lipinski definition) is 2. The van der Waals surface area contributed by atoms with Gasteiger partial charge in [-0.2, -0.15) is 5.10 Å². The van der Waals surface area contributed by atoms with Crippen LogP contribution in [0.3, 0.4) is 0 Å². The minimum Gasteiger partial charge on any atom is -0.364 e. The first-order valence-corrected chi connectivity index (χ1v) is 6.42. The van der Waals surface area contributed by atoms with E-state index in [4.69, 9.17) is 0 Å². The summed E-state index contributed by atoms with van der Waals surface area (Å²) in [6.07, 6.45) is 0.957. The molecule has 0 fully saturated rings. The number of aromatic nitrogens is 2. The largest absolute Gasteiger partial charge is 0.364 e. The van der Waals surface area contributed by atoms with Crippen LogP contribution in [0.15, 0.2) is 30.3 Å². The van der Waals surface area contributed by atoms with Crippen LogP contribution in [-0.4, -0.2) is 15.7 Å². The Morgan fingerprint density at radius 3 is 2.39 bits per heavy atom. The molecule has 1 aromatic heterocycles. The lowest BCUT2D eigenvalue weighted by atomic mass is 10.0. The number of H-pyrrole nitrogens is 1. The molecule has 0 radical (unpaired) electrons. The highest BCUT2D eigenvalue weighted by Crippen LogP contribution is 2.28. The predicted molar refractivity (Wildman–Crippen MR) is 76.8 cm³/mol. The molecule has 2 aromatic rings. The van der Waals surface area contributed by atoms with Crippen LogP contribution in [0.1, 0.15) is 33.3 Å². The molecule has 0 saturated heterocycles. The van der Waals surface area contributed by atoms with Crippen molar-refractivity contribution in [2.24, 2.45) is 0 Å². The van der Waals surface area contributed by atoms with Gasteiger partial charge in [0.25, 0.3) is 0 Å². The van der Waals surface area contributed by atoms with Crippen LogP contribution >= 0.6 is 0 Å². The Hall–Kier alpha value is -1.77. The van der Waals surface area contributed by atoms with Crippen LogP contribution in [0.5, 0.6) is 0 Å². The molecule has 3 nitrogen and oxygen atoms in total. The number of hydrogen-bond donors (Lipinski definition) is 2. The molecule has 18 heavy (non-hydrogen) atoms. The third-order valence-corrected chi connectivity index (χ3v) is 2.78. The zero-order chi connectivity index (χ0) is 13.2. The maximum absolute atomic E-state index is 4.41. The number of anilines is 1. The van der Waals surface area contributed by atoms with Gasteiger partial charge in [-0.25, -0.2) is 0 Å². The monoisotopic (exact) mass is 243 g/mol. The zero-order valence-electron chi connectivity index (χ0n) is 11.5. The lowest BCUT2D eigenvalue weighted by molar-refractivity contribution is 0.629. The van der Waals surface area contributed by atoms with Gasteiger partial charge in [0.1, 0.15) is 0 Å². The molecule has 3 heteroatoms. The summed E-state index contributed by atoms with van der Waals surface area (Å²) in [7, 11) is 0. The number of nitrogens with one attached hydrogen (secondary N) is 2. The molecule has 0 aliphatic heterocycles. The van der Waals surface area contributed by atoms with Gasteiger partial charge < -0.3 is 5.32 Å². The molecule has 0 spiro atoms. The summed E-state index contributed by atoms with van der Waals surface area (Å²) in [5, 5.41) is 11.0. The topological polar surface area (TPSA) is 40.7 Å². The summed E-state index contributed by atoms with van der Waals surface area (Å²) in [4.78, 5) is 0. The van der Waals surface area contributed by atoms with Gasteiger partial charge in [0, 0.05) is 11.1 Å². The summed E-state index contributed by atoms with van der Waals surface area (Å²) in [5.74, 6) is 0.962. The predicted octanol–water partition coefficient (Wildman–Crippen LogP) is 3.85. The van der Waals surface area contributed by atoms with Gasteiger partial charge in [0.05, 0.1) is 5.69 Å². The zero-order valence-corrected chi connectivity index (χ0v) is 11.5. The molecule has 0 amide bonds. The van der Waals surface area contributed by atoms with Gasteiger partial charge in [-0.05, 0) is 32.8 Å². The molecule has 0 saturated carbocycles. The third-order valence-electron chi connectivity index (χ3n) is 2.78. The van der Waals surface area contributed by atoms with Crippen molar-refractivity contribution >= 4 is 5.82 Å². The van der Waals surface area contributed by atoms with E-state index in [1.807, 2.05) is 18.2 Å². The summed E-state index contributed by atoms with van der Waals surface area (Å²) in [6, 6.07) is 10.3. The standard InChI is InChI=1S/C15H21N3/c1-5-12-13(11-9-7-6-8-10-11)17-18-14(12)16-15(2,3)4/h6-10H,5H2,1-4H3,(H2,16,17,18). The van der Waals surface area contributed by atoms with E-state index in [-0.39, 0.29) is 5.54 Å². The molecule has 0 atom stereocenters. The van der Waals surface area contributed by atoms with Crippen molar-refractivity contribution in [3.8, 4) is 11.3 Å². The van der Waals surface area contributed by atoms with E-state index in [2.05, 4.69) is 55.3 Å². The fourth-order valence-electron chi connectivity index (χ4n) is 2.01. The first-order valence-electron chi connectivity index (χ1n) is 6.42.